The molecule has 1 aromatic carbocycles. The molecule has 3 heteroatoms. The van der Waals surface area contributed by atoms with Crippen LogP contribution in [-0.2, 0) is 0 Å². The molecule has 1 aliphatic rings. The van der Waals surface area contributed by atoms with Gasteiger partial charge >= 0.3 is 0 Å². The minimum absolute atomic E-state index is 0.165. The molecule has 1 saturated carbocycles. The van der Waals surface area contributed by atoms with Crippen LogP contribution in [0.25, 0.3) is 0 Å². The van der Waals surface area contributed by atoms with Gasteiger partial charge in [0.15, 0.2) is 0 Å². The Kier molecular flexibility index (Phi) is 4.56. The zero-order valence-electron chi connectivity index (χ0n) is 11.7. The quantitative estimate of drug-likeness (QED) is 0.882. The molecule has 0 saturated heterocycles. The van der Waals surface area contributed by atoms with E-state index >= 15 is 0 Å². The van der Waals surface area contributed by atoms with E-state index in [1.165, 1.54) is 12.5 Å². The Bertz CT molecular complexity index is 458. The van der Waals surface area contributed by atoms with Gasteiger partial charge in [-0.05, 0) is 37.8 Å². The van der Waals surface area contributed by atoms with E-state index in [0.29, 0.717) is 5.92 Å². The smallest absolute Gasteiger partial charge is 0.254 e. The number of carbonyl (C=O) groups excluding carboxylic acids is 1. The first-order valence-corrected chi connectivity index (χ1v) is 7.17. The summed E-state index contributed by atoms with van der Waals surface area (Å²) in [5.74, 6) is -0.0182. The number of hydrogen-bond acceptors (Lipinski definition) is 1. The zero-order valence-corrected chi connectivity index (χ0v) is 11.7. The molecule has 2 atom stereocenters. The van der Waals surface area contributed by atoms with Crippen molar-refractivity contribution in [3.8, 4) is 0 Å². The molecule has 2 rings (SSSR count). The van der Waals surface area contributed by atoms with E-state index in [1.54, 1.807) is 12.1 Å². The molecule has 1 fully saturated rings. The van der Waals surface area contributed by atoms with Gasteiger partial charge in [0.2, 0.25) is 0 Å². The number of halogens is 1. The lowest BCUT2D eigenvalue weighted by Crippen LogP contribution is -2.38. The van der Waals surface area contributed by atoms with Crippen LogP contribution in [0.4, 0.5) is 4.39 Å². The van der Waals surface area contributed by atoms with E-state index in [-0.39, 0.29) is 17.5 Å². The first kappa shape index (κ1) is 14.0. The maximum Gasteiger partial charge on any atom is 0.254 e. The summed E-state index contributed by atoms with van der Waals surface area (Å²) >= 11 is 0. The van der Waals surface area contributed by atoms with Gasteiger partial charge in [0.1, 0.15) is 5.82 Å². The van der Waals surface area contributed by atoms with E-state index < -0.39 is 5.82 Å². The SMILES string of the molecule is CCC1CCCC(NC(=O)c2cc(C)ccc2F)C1. The highest BCUT2D eigenvalue weighted by atomic mass is 19.1. The first-order valence-electron chi connectivity index (χ1n) is 7.17. The lowest BCUT2D eigenvalue weighted by atomic mass is 9.84. The summed E-state index contributed by atoms with van der Waals surface area (Å²) in [6.45, 7) is 4.05. The van der Waals surface area contributed by atoms with Crippen LogP contribution >= 0.6 is 0 Å². The zero-order chi connectivity index (χ0) is 13.8. The number of rotatable bonds is 3. The number of amides is 1. The van der Waals surface area contributed by atoms with Gasteiger partial charge in [0.25, 0.3) is 5.91 Å². The second-order valence-electron chi connectivity index (χ2n) is 5.59. The van der Waals surface area contributed by atoms with E-state index in [4.69, 9.17) is 0 Å². The first-order chi connectivity index (χ1) is 9.10. The van der Waals surface area contributed by atoms with E-state index in [9.17, 15) is 9.18 Å². The molecule has 19 heavy (non-hydrogen) atoms. The van der Waals surface area contributed by atoms with E-state index in [1.807, 2.05) is 6.92 Å². The molecule has 0 spiro atoms. The highest BCUT2D eigenvalue weighted by Crippen LogP contribution is 2.26. The summed E-state index contributed by atoms with van der Waals surface area (Å²) < 4.78 is 13.7. The van der Waals surface area contributed by atoms with Crippen LogP contribution < -0.4 is 5.32 Å². The fourth-order valence-electron chi connectivity index (χ4n) is 2.87. The molecule has 1 aliphatic carbocycles. The molecule has 1 aromatic rings. The number of hydrogen-bond donors (Lipinski definition) is 1. The van der Waals surface area contributed by atoms with Gasteiger partial charge in [-0.3, -0.25) is 4.79 Å². The third-order valence-electron chi connectivity index (χ3n) is 4.06. The third kappa shape index (κ3) is 3.55. The van der Waals surface area contributed by atoms with Crippen molar-refractivity contribution in [1.82, 2.24) is 5.32 Å². The molecule has 0 radical (unpaired) electrons. The highest BCUT2D eigenvalue weighted by molar-refractivity contribution is 5.94. The van der Waals surface area contributed by atoms with E-state index in [2.05, 4.69) is 12.2 Å². The Morgan fingerprint density at radius 3 is 2.95 bits per heavy atom. The van der Waals surface area contributed by atoms with Crippen LogP contribution in [0.5, 0.6) is 0 Å². The Balaban J connectivity index is 2.02. The van der Waals surface area contributed by atoms with Gasteiger partial charge in [-0.2, -0.15) is 0 Å². The number of nitrogens with one attached hydrogen (secondary N) is 1. The van der Waals surface area contributed by atoms with Gasteiger partial charge in [-0.15, -0.1) is 0 Å². The van der Waals surface area contributed by atoms with Crippen molar-refractivity contribution in [1.29, 1.82) is 0 Å². The second-order valence-corrected chi connectivity index (χ2v) is 5.59. The summed E-state index contributed by atoms with van der Waals surface area (Å²) in [7, 11) is 0. The van der Waals surface area contributed by atoms with Crippen LogP contribution in [0.2, 0.25) is 0 Å². The molecular formula is C16H22FNO. The fraction of sp³-hybridized carbons (Fsp3) is 0.562. The van der Waals surface area contributed by atoms with Gasteiger partial charge in [-0.25, -0.2) is 4.39 Å². The second kappa shape index (κ2) is 6.18. The van der Waals surface area contributed by atoms with Crippen LogP contribution in [0, 0.1) is 18.7 Å². The molecule has 1 N–H and O–H groups in total. The van der Waals surface area contributed by atoms with Crippen LogP contribution in [0.15, 0.2) is 18.2 Å². The molecule has 2 unspecified atom stereocenters. The van der Waals surface area contributed by atoms with Crippen molar-refractivity contribution >= 4 is 5.91 Å². The molecule has 1 amide bonds. The molecule has 0 bridgehead atoms. The van der Waals surface area contributed by atoms with Crippen LogP contribution in [0.3, 0.4) is 0 Å². The standard InChI is InChI=1S/C16H22FNO/c1-3-12-5-4-6-13(10-12)18-16(19)14-9-11(2)7-8-15(14)17/h7-9,12-13H,3-6,10H2,1-2H3,(H,18,19). The number of aryl methyl sites for hydroxylation is 1. The third-order valence-corrected chi connectivity index (χ3v) is 4.06. The average molecular weight is 263 g/mol. The number of carbonyl (C=O) groups is 1. The van der Waals surface area contributed by atoms with Gasteiger partial charge < -0.3 is 5.32 Å². The summed E-state index contributed by atoms with van der Waals surface area (Å²) in [5.41, 5.74) is 1.07. The maximum absolute atomic E-state index is 13.7. The van der Waals surface area contributed by atoms with Crippen LogP contribution in [0.1, 0.15) is 54.9 Å². The Labute approximate surface area is 114 Å². The van der Waals surface area contributed by atoms with Gasteiger partial charge in [0.05, 0.1) is 5.56 Å². The molecule has 104 valence electrons. The molecule has 2 nitrogen and oxygen atoms in total. The Morgan fingerprint density at radius 1 is 1.42 bits per heavy atom. The lowest BCUT2D eigenvalue weighted by molar-refractivity contribution is 0.0915. The van der Waals surface area contributed by atoms with Crippen molar-refractivity contribution < 1.29 is 9.18 Å². The minimum atomic E-state index is -0.439. The van der Waals surface area contributed by atoms with Crippen LogP contribution in [-0.4, -0.2) is 11.9 Å². The van der Waals surface area contributed by atoms with Crippen molar-refractivity contribution in [2.75, 3.05) is 0 Å². The van der Waals surface area contributed by atoms with Crippen molar-refractivity contribution in [3.05, 3.63) is 35.1 Å². The predicted octanol–water partition coefficient (Wildman–Crippen LogP) is 3.83. The van der Waals surface area contributed by atoms with Crippen molar-refractivity contribution in [3.63, 3.8) is 0 Å². The fourth-order valence-corrected chi connectivity index (χ4v) is 2.87. The maximum atomic E-state index is 13.7. The normalized spacial score (nSPS) is 23.1. The van der Waals surface area contributed by atoms with Gasteiger partial charge in [0, 0.05) is 6.04 Å². The largest absolute Gasteiger partial charge is 0.349 e. The van der Waals surface area contributed by atoms with E-state index in [0.717, 1.165) is 31.2 Å². The summed E-state index contributed by atoms with van der Waals surface area (Å²) in [4.78, 5) is 12.1. The minimum Gasteiger partial charge on any atom is -0.349 e. The molecular weight excluding hydrogens is 241 g/mol. The monoisotopic (exact) mass is 263 g/mol. The summed E-state index contributed by atoms with van der Waals surface area (Å²) in [6.07, 6.45) is 5.60. The Hall–Kier alpha value is -1.38. The summed E-state index contributed by atoms with van der Waals surface area (Å²) in [6, 6.07) is 4.86. The predicted molar refractivity (Wildman–Crippen MR) is 74.6 cm³/mol. The molecule has 0 heterocycles. The summed E-state index contributed by atoms with van der Waals surface area (Å²) in [5, 5.41) is 2.99. The van der Waals surface area contributed by atoms with Gasteiger partial charge in [-0.1, -0.05) is 37.8 Å². The Morgan fingerprint density at radius 2 is 2.21 bits per heavy atom. The lowest BCUT2D eigenvalue weighted by Gasteiger charge is -2.29. The molecule has 0 aliphatic heterocycles. The topological polar surface area (TPSA) is 29.1 Å². The highest BCUT2D eigenvalue weighted by Gasteiger charge is 2.23. The van der Waals surface area contributed by atoms with Crippen molar-refractivity contribution in [2.24, 2.45) is 5.92 Å². The number of benzene rings is 1. The average Bonchev–Trinajstić information content (AvgIpc) is 2.41. The molecule has 0 aromatic heterocycles. The van der Waals surface area contributed by atoms with Crippen molar-refractivity contribution in [2.45, 2.75) is 52.0 Å².